The third-order valence-electron chi connectivity index (χ3n) is 4.38. The molecule has 7 heteroatoms. The zero-order valence-corrected chi connectivity index (χ0v) is 16.6. The second kappa shape index (κ2) is 7.32. The number of carbonyl (C=O) groups excluding carboxylic acids is 1. The zero-order valence-electron chi connectivity index (χ0n) is 14.9. The standard InChI is InChI=1S/C19H21NO4S2/c1-4-26(22,23)16-9-10-18-17(11-16)20(19(21)13(2)24-18)12-14-5-7-15(25-3)8-6-14/h5-11,13H,4,12H2,1-3H3. The van der Waals surface area contributed by atoms with Gasteiger partial charge in [0, 0.05) is 4.90 Å². The van der Waals surface area contributed by atoms with Crippen LogP contribution in [-0.2, 0) is 21.2 Å². The number of anilines is 1. The van der Waals surface area contributed by atoms with Gasteiger partial charge in [0.15, 0.2) is 15.9 Å². The summed E-state index contributed by atoms with van der Waals surface area (Å²) in [4.78, 5) is 15.6. The lowest BCUT2D eigenvalue weighted by Gasteiger charge is -2.33. The smallest absolute Gasteiger partial charge is 0.268 e. The molecule has 0 fully saturated rings. The maximum atomic E-state index is 12.7. The van der Waals surface area contributed by atoms with Gasteiger partial charge < -0.3 is 9.64 Å². The first-order chi connectivity index (χ1) is 12.4. The van der Waals surface area contributed by atoms with E-state index in [-0.39, 0.29) is 16.6 Å². The molecule has 1 amide bonds. The van der Waals surface area contributed by atoms with Crippen molar-refractivity contribution in [2.45, 2.75) is 36.3 Å². The van der Waals surface area contributed by atoms with Gasteiger partial charge in [-0.1, -0.05) is 19.1 Å². The number of sulfone groups is 1. The van der Waals surface area contributed by atoms with Crippen LogP contribution in [0.4, 0.5) is 5.69 Å². The van der Waals surface area contributed by atoms with Crippen LogP contribution in [-0.4, -0.2) is 32.4 Å². The summed E-state index contributed by atoms with van der Waals surface area (Å²) in [6.45, 7) is 3.67. The topological polar surface area (TPSA) is 63.7 Å². The average Bonchev–Trinajstić information content (AvgIpc) is 2.65. The van der Waals surface area contributed by atoms with Crippen LogP contribution in [0.1, 0.15) is 19.4 Å². The molecule has 2 aromatic rings. The Morgan fingerprint density at radius 1 is 1.15 bits per heavy atom. The number of benzene rings is 2. The summed E-state index contributed by atoms with van der Waals surface area (Å²) in [5.41, 5.74) is 1.47. The SMILES string of the molecule is CCS(=O)(=O)c1ccc2c(c1)N(Cc1ccc(SC)cc1)C(=O)C(C)O2. The first kappa shape index (κ1) is 18.8. The van der Waals surface area contributed by atoms with E-state index in [1.807, 2.05) is 30.5 Å². The van der Waals surface area contributed by atoms with Crippen LogP contribution >= 0.6 is 11.8 Å². The Morgan fingerprint density at radius 3 is 2.46 bits per heavy atom. The second-order valence-electron chi connectivity index (χ2n) is 6.07. The highest BCUT2D eigenvalue weighted by Gasteiger charge is 2.32. The number of rotatable bonds is 5. The fourth-order valence-corrected chi connectivity index (χ4v) is 4.13. The lowest BCUT2D eigenvalue weighted by molar-refractivity contribution is -0.125. The highest BCUT2D eigenvalue weighted by molar-refractivity contribution is 7.98. The molecule has 0 N–H and O–H groups in total. The van der Waals surface area contributed by atoms with Gasteiger partial charge in [0.25, 0.3) is 5.91 Å². The number of amides is 1. The number of ether oxygens (including phenoxy) is 1. The van der Waals surface area contributed by atoms with Crippen LogP contribution in [0.2, 0.25) is 0 Å². The lowest BCUT2D eigenvalue weighted by atomic mass is 10.1. The lowest BCUT2D eigenvalue weighted by Crippen LogP contribution is -2.44. The molecule has 0 saturated carbocycles. The van der Waals surface area contributed by atoms with Crippen LogP contribution in [0.25, 0.3) is 0 Å². The monoisotopic (exact) mass is 391 g/mol. The van der Waals surface area contributed by atoms with Crippen molar-refractivity contribution in [3.8, 4) is 5.75 Å². The molecular formula is C19H21NO4S2. The minimum atomic E-state index is -3.36. The summed E-state index contributed by atoms with van der Waals surface area (Å²) in [6.07, 6.45) is 1.40. The van der Waals surface area contributed by atoms with Crippen molar-refractivity contribution in [2.24, 2.45) is 0 Å². The molecule has 26 heavy (non-hydrogen) atoms. The van der Waals surface area contributed by atoms with E-state index < -0.39 is 15.9 Å². The number of carbonyl (C=O) groups is 1. The molecule has 3 rings (SSSR count). The second-order valence-corrected chi connectivity index (χ2v) is 9.22. The number of hydrogen-bond acceptors (Lipinski definition) is 5. The van der Waals surface area contributed by atoms with Crippen molar-refractivity contribution >= 4 is 33.2 Å². The van der Waals surface area contributed by atoms with Crippen molar-refractivity contribution < 1.29 is 17.9 Å². The van der Waals surface area contributed by atoms with E-state index in [9.17, 15) is 13.2 Å². The Labute approximate surface area is 158 Å². The molecule has 1 aliphatic heterocycles. The van der Waals surface area contributed by atoms with Gasteiger partial charge in [-0.05, 0) is 49.1 Å². The Morgan fingerprint density at radius 2 is 1.85 bits per heavy atom. The van der Waals surface area contributed by atoms with Crippen LogP contribution in [0, 0.1) is 0 Å². The summed E-state index contributed by atoms with van der Waals surface area (Å²) < 4.78 is 30.1. The normalized spacial score (nSPS) is 17.0. The summed E-state index contributed by atoms with van der Waals surface area (Å²) in [6, 6.07) is 12.7. The fraction of sp³-hybridized carbons (Fsp3) is 0.316. The van der Waals surface area contributed by atoms with Gasteiger partial charge >= 0.3 is 0 Å². The summed E-state index contributed by atoms with van der Waals surface area (Å²) in [5, 5.41) is 0. The maximum Gasteiger partial charge on any atom is 0.268 e. The third-order valence-corrected chi connectivity index (χ3v) is 6.85. The van der Waals surface area contributed by atoms with E-state index in [4.69, 9.17) is 4.74 Å². The van der Waals surface area contributed by atoms with Gasteiger partial charge in [-0.2, -0.15) is 0 Å². The Hall–Kier alpha value is -1.99. The van der Waals surface area contributed by atoms with E-state index >= 15 is 0 Å². The molecule has 5 nitrogen and oxygen atoms in total. The molecule has 0 saturated heterocycles. The maximum absolute atomic E-state index is 12.7. The Kier molecular flexibility index (Phi) is 5.29. The van der Waals surface area contributed by atoms with Gasteiger partial charge in [-0.3, -0.25) is 4.79 Å². The van der Waals surface area contributed by atoms with Crippen molar-refractivity contribution in [1.29, 1.82) is 0 Å². The molecule has 1 aliphatic rings. The average molecular weight is 392 g/mol. The van der Waals surface area contributed by atoms with E-state index in [1.165, 1.54) is 12.1 Å². The summed E-state index contributed by atoms with van der Waals surface area (Å²) in [5.74, 6) is 0.345. The van der Waals surface area contributed by atoms with Crippen LogP contribution in [0.15, 0.2) is 52.3 Å². The van der Waals surface area contributed by atoms with Crippen LogP contribution < -0.4 is 9.64 Å². The molecule has 0 aliphatic carbocycles. The van der Waals surface area contributed by atoms with Gasteiger partial charge in [0.1, 0.15) is 5.75 Å². The van der Waals surface area contributed by atoms with Crippen LogP contribution in [0.3, 0.4) is 0 Å². The number of hydrogen-bond donors (Lipinski definition) is 0. The minimum absolute atomic E-state index is 0.00708. The highest BCUT2D eigenvalue weighted by atomic mass is 32.2. The molecule has 0 spiro atoms. The molecule has 0 aromatic heterocycles. The first-order valence-electron chi connectivity index (χ1n) is 8.33. The molecule has 1 heterocycles. The quantitative estimate of drug-likeness (QED) is 0.730. The van der Waals surface area contributed by atoms with Gasteiger partial charge in [0.2, 0.25) is 0 Å². The van der Waals surface area contributed by atoms with E-state index in [1.54, 1.807) is 36.6 Å². The molecule has 138 valence electrons. The van der Waals surface area contributed by atoms with Crippen molar-refractivity contribution in [3.63, 3.8) is 0 Å². The van der Waals surface area contributed by atoms with E-state index in [2.05, 4.69) is 0 Å². The third kappa shape index (κ3) is 3.59. The summed E-state index contributed by atoms with van der Waals surface area (Å²) >= 11 is 1.65. The van der Waals surface area contributed by atoms with E-state index in [0.29, 0.717) is 18.0 Å². The van der Waals surface area contributed by atoms with Crippen molar-refractivity contribution in [2.75, 3.05) is 16.9 Å². The van der Waals surface area contributed by atoms with Gasteiger partial charge in [0.05, 0.1) is 22.9 Å². The fourth-order valence-electron chi connectivity index (χ4n) is 2.82. The molecule has 0 radical (unpaired) electrons. The first-order valence-corrected chi connectivity index (χ1v) is 11.2. The largest absolute Gasteiger partial charge is 0.479 e. The Bertz CT molecular complexity index is 923. The number of fused-ring (bicyclic) bond motifs is 1. The number of thioether (sulfide) groups is 1. The minimum Gasteiger partial charge on any atom is -0.479 e. The molecule has 0 bridgehead atoms. The number of nitrogens with zero attached hydrogens (tertiary/aromatic N) is 1. The molecular weight excluding hydrogens is 370 g/mol. The van der Waals surface area contributed by atoms with Gasteiger partial charge in [-0.15, -0.1) is 11.8 Å². The zero-order chi connectivity index (χ0) is 18.9. The van der Waals surface area contributed by atoms with Crippen molar-refractivity contribution in [3.05, 3.63) is 48.0 Å². The van der Waals surface area contributed by atoms with E-state index in [0.717, 1.165) is 10.5 Å². The molecule has 2 aromatic carbocycles. The predicted molar refractivity (Wildman–Crippen MR) is 104 cm³/mol. The van der Waals surface area contributed by atoms with Crippen LogP contribution in [0.5, 0.6) is 5.75 Å². The predicted octanol–water partition coefficient (Wildman–Crippen LogP) is 3.52. The molecule has 1 unspecified atom stereocenters. The summed E-state index contributed by atoms with van der Waals surface area (Å²) in [7, 11) is -3.36. The highest BCUT2D eigenvalue weighted by Crippen LogP contribution is 2.37. The Balaban J connectivity index is 2.01. The van der Waals surface area contributed by atoms with Gasteiger partial charge in [-0.25, -0.2) is 8.42 Å². The molecule has 1 atom stereocenters. The van der Waals surface area contributed by atoms with Crippen molar-refractivity contribution in [1.82, 2.24) is 0 Å².